The Morgan fingerprint density at radius 2 is 2.04 bits per heavy atom. The minimum absolute atomic E-state index is 0.115. The molecule has 1 aromatic heterocycles. The number of hydrogen-bond acceptors (Lipinski definition) is 5. The number of nitrogens with zero attached hydrogens (tertiary/aromatic N) is 1. The van der Waals surface area contributed by atoms with Crippen molar-refractivity contribution in [1.82, 2.24) is 10.2 Å². The predicted molar refractivity (Wildman–Crippen MR) is 95.1 cm³/mol. The molecule has 0 unspecified atom stereocenters. The Balaban J connectivity index is 1.91. The lowest BCUT2D eigenvalue weighted by Crippen LogP contribution is -2.09. The van der Waals surface area contributed by atoms with Gasteiger partial charge in [0.15, 0.2) is 12.4 Å². The summed E-state index contributed by atoms with van der Waals surface area (Å²) in [7, 11) is 0. The van der Waals surface area contributed by atoms with Crippen molar-refractivity contribution in [2.45, 2.75) is 6.92 Å². The molecule has 26 heavy (non-hydrogen) atoms. The van der Waals surface area contributed by atoms with Gasteiger partial charge in [0.1, 0.15) is 22.9 Å². The van der Waals surface area contributed by atoms with Crippen molar-refractivity contribution in [1.29, 1.82) is 0 Å². The number of rotatable bonds is 6. The monoisotopic (exact) mass is 374 g/mol. The third-order valence-electron chi connectivity index (χ3n) is 3.49. The predicted octanol–water partition coefficient (Wildman–Crippen LogP) is 4.00. The van der Waals surface area contributed by atoms with E-state index in [9.17, 15) is 9.90 Å². The van der Waals surface area contributed by atoms with Gasteiger partial charge in [-0.3, -0.25) is 5.10 Å². The highest BCUT2D eigenvalue weighted by Crippen LogP contribution is 2.39. The van der Waals surface area contributed by atoms with Crippen molar-refractivity contribution in [3.8, 4) is 34.3 Å². The number of ether oxygens (including phenoxy) is 2. The van der Waals surface area contributed by atoms with Gasteiger partial charge in [-0.15, -0.1) is 0 Å². The summed E-state index contributed by atoms with van der Waals surface area (Å²) in [6.07, 6.45) is 0. The molecule has 0 radical (unpaired) electrons. The first kappa shape index (κ1) is 17.6. The zero-order valence-corrected chi connectivity index (χ0v) is 14.4. The fourth-order valence-corrected chi connectivity index (χ4v) is 2.50. The van der Waals surface area contributed by atoms with Crippen LogP contribution in [0.3, 0.4) is 0 Å². The van der Waals surface area contributed by atoms with Gasteiger partial charge < -0.3 is 19.7 Å². The number of halogens is 1. The van der Waals surface area contributed by atoms with E-state index in [1.54, 1.807) is 43.3 Å². The second kappa shape index (κ2) is 7.37. The molecule has 0 saturated heterocycles. The summed E-state index contributed by atoms with van der Waals surface area (Å²) in [4.78, 5) is 10.6. The van der Waals surface area contributed by atoms with Crippen molar-refractivity contribution >= 4 is 17.6 Å². The van der Waals surface area contributed by atoms with Crippen LogP contribution in [0.2, 0.25) is 5.02 Å². The lowest BCUT2D eigenvalue weighted by molar-refractivity contribution is -0.139. The van der Waals surface area contributed by atoms with Crippen molar-refractivity contribution < 1.29 is 24.5 Å². The fraction of sp³-hybridized carbons (Fsp3) is 0.111. The average Bonchev–Trinajstić information content (AvgIpc) is 2.94. The molecule has 1 heterocycles. The lowest BCUT2D eigenvalue weighted by atomic mass is 10.1. The Labute approximate surface area is 153 Å². The molecule has 0 aliphatic carbocycles. The Morgan fingerprint density at radius 3 is 2.73 bits per heavy atom. The normalized spacial score (nSPS) is 10.5. The maximum atomic E-state index is 10.6. The molecule has 134 valence electrons. The third kappa shape index (κ3) is 3.89. The van der Waals surface area contributed by atoms with E-state index >= 15 is 0 Å². The minimum atomic E-state index is -1.10. The van der Waals surface area contributed by atoms with E-state index in [0.29, 0.717) is 33.5 Å². The number of hydrogen-bond donors (Lipinski definition) is 3. The van der Waals surface area contributed by atoms with Gasteiger partial charge in [-0.1, -0.05) is 17.7 Å². The summed E-state index contributed by atoms with van der Waals surface area (Å²) < 4.78 is 10.9. The second-order valence-corrected chi connectivity index (χ2v) is 5.88. The number of carbonyl (C=O) groups is 1. The van der Waals surface area contributed by atoms with Crippen molar-refractivity contribution in [2.24, 2.45) is 0 Å². The van der Waals surface area contributed by atoms with Gasteiger partial charge in [-0.05, 0) is 37.3 Å². The average molecular weight is 375 g/mol. The zero-order valence-electron chi connectivity index (χ0n) is 13.7. The van der Waals surface area contributed by atoms with Crippen LogP contribution in [-0.2, 0) is 4.79 Å². The first-order valence-electron chi connectivity index (χ1n) is 7.60. The number of phenolic OH excluding ortho intramolecular Hbond substituents is 1. The molecule has 3 aromatic rings. The molecular formula is C18H15ClN2O5. The molecule has 0 saturated carbocycles. The number of aromatic amines is 1. The molecule has 3 N–H and O–H groups in total. The van der Waals surface area contributed by atoms with Crippen LogP contribution in [0.4, 0.5) is 0 Å². The van der Waals surface area contributed by atoms with Gasteiger partial charge in [0.25, 0.3) is 0 Å². The van der Waals surface area contributed by atoms with Crippen LogP contribution < -0.4 is 9.47 Å². The van der Waals surface area contributed by atoms with Crippen molar-refractivity contribution in [2.75, 3.05) is 6.61 Å². The number of phenols is 1. The molecule has 3 rings (SSSR count). The van der Waals surface area contributed by atoms with Gasteiger partial charge in [-0.25, -0.2) is 4.79 Å². The topological polar surface area (TPSA) is 105 Å². The number of H-pyrrole nitrogens is 1. The van der Waals surface area contributed by atoms with Crippen LogP contribution in [0.25, 0.3) is 11.3 Å². The van der Waals surface area contributed by atoms with Crippen molar-refractivity contribution in [3.05, 3.63) is 53.2 Å². The highest BCUT2D eigenvalue weighted by molar-refractivity contribution is 6.30. The Hall–Kier alpha value is -3.19. The number of carboxylic acids is 1. The highest BCUT2D eigenvalue weighted by atomic mass is 35.5. The molecule has 0 aliphatic rings. The Kier molecular flexibility index (Phi) is 4.99. The first-order chi connectivity index (χ1) is 12.4. The first-order valence-corrected chi connectivity index (χ1v) is 7.98. The number of aromatic nitrogens is 2. The van der Waals surface area contributed by atoms with Crippen molar-refractivity contribution in [3.63, 3.8) is 0 Å². The molecule has 2 aromatic carbocycles. The Morgan fingerprint density at radius 1 is 1.23 bits per heavy atom. The molecule has 0 fully saturated rings. The van der Waals surface area contributed by atoms with Crippen LogP contribution in [0.15, 0.2) is 42.5 Å². The largest absolute Gasteiger partial charge is 0.507 e. The molecule has 0 bridgehead atoms. The van der Waals surface area contributed by atoms with E-state index in [1.165, 1.54) is 6.07 Å². The van der Waals surface area contributed by atoms with Gasteiger partial charge >= 0.3 is 5.97 Å². The van der Waals surface area contributed by atoms with Gasteiger partial charge in [0.2, 0.25) is 0 Å². The number of nitrogens with one attached hydrogen (secondary N) is 1. The Bertz CT molecular complexity index is 955. The lowest BCUT2D eigenvalue weighted by Gasteiger charge is -2.10. The summed E-state index contributed by atoms with van der Waals surface area (Å²) in [5.41, 5.74) is 1.49. The summed E-state index contributed by atoms with van der Waals surface area (Å²) in [6, 6.07) is 11.4. The van der Waals surface area contributed by atoms with Crippen LogP contribution in [0.1, 0.15) is 5.69 Å². The highest BCUT2D eigenvalue weighted by Gasteiger charge is 2.18. The van der Waals surface area contributed by atoms with Gasteiger partial charge in [0.05, 0.1) is 5.69 Å². The number of aliphatic carboxylic acids is 1. The van der Waals surface area contributed by atoms with E-state index in [-0.39, 0.29) is 11.5 Å². The number of benzene rings is 2. The maximum Gasteiger partial charge on any atom is 0.341 e. The molecule has 7 nitrogen and oxygen atoms in total. The fourth-order valence-electron chi connectivity index (χ4n) is 2.32. The van der Waals surface area contributed by atoms with E-state index in [0.717, 1.165) is 0 Å². The van der Waals surface area contributed by atoms with E-state index in [1.807, 2.05) is 0 Å². The maximum absolute atomic E-state index is 10.6. The molecule has 8 heteroatoms. The smallest absolute Gasteiger partial charge is 0.341 e. The van der Waals surface area contributed by atoms with Crippen LogP contribution in [-0.4, -0.2) is 33.0 Å². The van der Waals surface area contributed by atoms with Gasteiger partial charge in [-0.2, -0.15) is 5.10 Å². The minimum Gasteiger partial charge on any atom is -0.507 e. The molecule has 0 spiro atoms. The van der Waals surface area contributed by atoms with Crippen LogP contribution >= 0.6 is 11.6 Å². The quantitative estimate of drug-likeness (QED) is 0.602. The van der Waals surface area contributed by atoms with Crippen LogP contribution in [0, 0.1) is 6.92 Å². The number of aryl methyl sites for hydroxylation is 1. The summed E-state index contributed by atoms with van der Waals surface area (Å²) in [5, 5.41) is 26.5. The summed E-state index contributed by atoms with van der Waals surface area (Å²) in [5.74, 6) is -0.00632. The molecule has 0 atom stereocenters. The SMILES string of the molecule is Cc1[nH]nc(-c2ccc(OCC(=O)O)cc2O)c1Oc1cccc(Cl)c1. The second-order valence-electron chi connectivity index (χ2n) is 5.45. The zero-order chi connectivity index (χ0) is 18.7. The van der Waals surface area contributed by atoms with Crippen LogP contribution in [0.5, 0.6) is 23.0 Å². The molecule has 0 amide bonds. The number of aromatic hydroxyl groups is 1. The molecule has 0 aliphatic heterocycles. The summed E-state index contributed by atoms with van der Waals surface area (Å²) in [6.45, 7) is 1.29. The van der Waals surface area contributed by atoms with Gasteiger partial charge in [0, 0.05) is 16.7 Å². The summed E-state index contributed by atoms with van der Waals surface area (Å²) >= 11 is 5.98. The molecular weight excluding hydrogens is 360 g/mol. The van der Waals surface area contributed by atoms with E-state index in [2.05, 4.69) is 10.2 Å². The van der Waals surface area contributed by atoms with E-state index in [4.69, 9.17) is 26.2 Å². The van der Waals surface area contributed by atoms with E-state index < -0.39 is 12.6 Å². The third-order valence-corrected chi connectivity index (χ3v) is 3.73. The standard InChI is InChI=1S/C18H15ClN2O5/c1-10-18(26-13-4-2-3-11(19)7-13)17(21-20-10)14-6-5-12(8-15(14)22)25-9-16(23)24/h2-8,22H,9H2,1H3,(H,20,21)(H,23,24). The number of carboxylic acid groups (broad SMARTS) is 1.